The van der Waals surface area contributed by atoms with Crippen molar-refractivity contribution >= 4 is 41.2 Å². The fourth-order valence-corrected chi connectivity index (χ4v) is 5.75. The van der Waals surface area contributed by atoms with Gasteiger partial charge in [-0.05, 0) is 38.5 Å². The second-order valence-corrected chi connectivity index (χ2v) is 10.7. The number of carboxylic acid groups (broad SMARTS) is 1. The molecule has 1 saturated heterocycles. The lowest BCUT2D eigenvalue weighted by Crippen LogP contribution is -2.52. The van der Waals surface area contributed by atoms with Crippen molar-refractivity contribution in [1.82, 2.24) is 19.8 Å². The molecule has 34 heavy (non-hydrogen) atoms. The third-order valence-corrected chi connectivity index (χ3v) is 7.96. The van der Waals surface area contributed by atoms with E-state index < -0.39 is 12.0 Å². The Bertz CT molecular complexity index is 1040. The third-order valence-electron chi connectivity index (χ3n) is 6.53. The number of anilines is 1. The van der Waals surface area contributed by atoms with Gasteiger partial charge in [0.2, 0.25) is 5.91 Å². The van der Waals surface area contributed by atoms with Crippen LogP contribution in [0.2, 0.25) is 5.02 Å². The molecule has 2 aliphatic rings. The average molecular weight is 504 g/mol. The molecular weight excluding hydrogens is 474 g/mol. The maximum atomic E-state index is 13.7. The number of halogens is 1. The van der Waals surface area contributed by atoms with Crippen molar-refractivity contribution in [2.45, 2.75) is 43.7 Å². The molecule has 1 aromatic heterocycles. The highest BCUT2D eigenvalue weighted by atomic mass is 35.5. The van der Waals surface area contributed by atoms with Gasteiger partial charge in [0.05, 0.1) is 11.6 Å². The molecule has 2 aliphatic heterocycles. The number of hydrogen-bond acceptors (Lipinski definition) is 6. The molecule has 8 nitrogen and oxygen atoms in total. The Labute approximate surface area is 209 Å². The molecule has 182 valence electrons. The van der Waals surface area contributed by atoms with Gasteiger partial charge in [0.15, 0.2) is 0 Å². The minimum Gasteiger partial charge on any atom is -0.465 e. The molecule has 2 atom stereocenters. The molecule has 1 fully saturated rings. The summed E-state index contributed by atoms with van der Waals surface area (Å²) in [4.78, 5) is 39.9. The highest BCUT2D eigenvalue weighted by Gasteiger charge is 2.34. The summed E-state index contributed by atoms with van der Waals surface area (Å²) in [6.07, 6.45) is 0.601. The van der Waals surface area contributed by atoms with Crippen molar-refractivity contribution in [3.8, 4) is 0 Å². The van der Waals surface area contributed by atoms with Crippen LogP contribution in [0.4, 0.5) is 10.6 Å². The predicted molar refractivity (Wildman–Crippen MR) is 135 cm³/mol. The van der Waals surface area contributed by atoms with Crippen LogP contribution in [0.15, 0.2) is 30.6 Å². The normalized spacial score (nSPS) is 18.7. The number of amides is 2. The highest BCUT2D eigenvalue weighted by molar-refractivity contribution is 7.99. The summed E-state index contributed by atoms with van der Waals surface area (Å²) in [6.45, 7) is 8.37. The Kier molecular flexibility index (Phi) is 7.52. The quantitative estimate of drug-likeness (QED) is 0.629. The van der Waals surface area contributed by atoms with Crippen molar-refractivity contribution in [2.75, 3.05) is 37.6 Å². The number of nitrogens with zero attached hydrogens (tertiary/aromatic N) is 5. The van der Waals surface area contributed by atoms with Gasteiger partial charge in [-0.25, -0.2) is 14.8 Å². The van der Waals surface area contributed by atoms with E-state index in [0.717, 1.165) is 22.8 Å². The van der Waals surface area contributed by atoms with Crippen LogP contribution >= 0.6 is 23.4 Å². The lowest BCUT2D eigenvalue weighted by Gasteiger charge is -2.38. The summed E-state index contributed by atoms with van der Waals surface area (Å²) in [5.74, 6) is 1.22. The molecule has 2 aromatic rings. The summed E-state index contributed by atoms with van der Waals surface area (Å²) >= 11 is 7.93. The van der Waals surface area contributed by atoms with Gasteiger partial charge >= 0.3 is 6.09 Å². The smallest absolute Gasteiger partial charge is 0.407 e. The van der Waals surface area contributed by atoms with Crippen LogP contribution in [0.25, 0.3) is 0 Å². The SMILES string of the molecule is CC(C)N(CC(C(=O)N1CCN(c2ncnc3c2[C@H](C)SC3)CC1)c1ccc(Cl)cc1)C(=O)O. The topological polar surface area (TPSA) is 89.9 Å². The first-order valence-corrected chi connectivity index (χ1v) is 12.9. The van der Waals surface area contributed by atoms with Gasteiger partial charge in [-0.2, -0.15) is 0 Å². The number of piperazine rings is 1. The van der Waals surface area contributed by atoms with Gasteiger partial charge in [0.1, 0.15) is 12.1 Å². The van der Waals surface area contributed by atoms with Crippen LogP contribution in [0.1, 0.15) is 48.8 Å². The number of thioether (sulfide) groups is 1. The molecule has 2 amide bonds. The Morgan fingerprint density at radius 2 is 1.85 bits per heavy atom. The summed E-state index contributed by atoms with van der Waals surface area (Å²) in [5.41, 5.74) is 3.08. The molecule has 1 N–H and O–H groups in total. The lowest BCUT2D eigenvalue weighted by molar-refractivity contribution is -0.133. The van der Waals surface area contributed by atoms with E-state index in [0.29, 0.717) is 36.5 Å². The number of aromatic nitrogens is 2. The Morgan fingerprint density at radius 3 is 2.47 bits per heavy atom. The summed E-state index contributed by atoms with van der Waals surface area (Å²) < 4.78 is 0. The van der Waals surface area contributed by atoms with Crippen LogP contribution in [0, 0.1) is 0 Å². The molecule has 10 heteroatoms. The Morgan fingerprint density at radius 1 is 1.18 bits per heavy atom. The molecule has 0 saturated carbocycles. The molecule has 0 spiro atoms. The van der Waals surface area contributed by atoms with E-state index in [2.05, 4.69) is 21.8 Å². The van der Waals surface area contributed by atoms with Gasteiger partial charge < -0.3 is 19.8 Å². The predicted octanol–water partition coefficient (Wildman–Crippen LogP) is 4.26. The minimum absolute atomic E-state index is 0.0642. The summed E-state index contributed by atoms with van der Waals surface area (Å²) in [7, 11) is 0. The molecule has 1 unspecified atom stereocenters. The number of rotatable bonds is 6. The van der Waals surface area contributed by atoms with Crippen LogP contribution < -0.4 is 4.90 Å². The monoisotopic (exact) mass is 503 g/mol. The zero-order valence-corrected chi connectivity index (χ0v) is 21.2. The van der Waals surface area contributed by atoms with Crippen LogP contribution in [-0.4, -0.2) is 75.6 Å². The molecule has 0 aliphatic carbocycles. The lowest BCUT2D eigenvalue weighted by atomic mass is 9.96. The Balaban J connectivity index is 1.51. The average Bonchev–Trinajstić information content (AvgIpc) is 3.21. The zero-order valence-electron chi connectivity index (χ0n) is 19.6. The standard InChI is InChI=1S/C24H30ClN5O3S/c1-15(2)30(24(32)33)12-19(17-4-6-18(25)7-5-17)23(31)29-10-8-28(9-11-29)22-21-16(3)34-13-20(21)26-14-27-22/h4-7,14-16,19H,8-13H2,1-3H3,(H,32,33)/t16-,19?/m0/s1. The van der Waals surface area contributed by atoms with Crippen LogP contribution in [0.3, 0.4) is 0 Å². The van der Waals surface area contributed by atoms with E-state index in [1.807, 2.05) is 42.6 Å². The Hall–Kier alpha value is -2.52. The molecule has 0 radical (unpaired) electrons. The van der Waals surface area contributed by atoms with E-state index in [1.165, 1.54) is 10.5 Å². The van der Waals surface area contributed by atoms with Gasteiger partial charge in [-0.1, -0.05) is 23.7 Å². The van der Waals surface area contributed by atoms with E-state index >= 15 is 0 Å². The number of carbonyl (C=O) groups excluding carboxylic acids is 1. The first-order valence-electron chi connectivity index (χ1n) is 11.5. The number of hydrogen-bond donors (Lipinski definition) is 1. The fourth-order valence-electron chi connectivity index (χ4n) is 4.58. The van der Waals surface area contributed by atoms with Gasteiger partial charge in [-0.3, -0.25) is 4.79 Å². The van der Waals surface area contributed by atoms with Gasteiger partial charge in [0, 0.05) is 60.4 Å². The summed E-state index contributed by atoms with van der Waals surface area (Å²) in [5, 5.41) is 10.6. The van der Waals surface area contributed by atoms with Gasteiger partial charge in [0.25, 0.3) is 0 Å². The van der Waals surface area contributed by atoms with Crippen LogP contribution in [0.5, 0.6) is 0 Å². The second-order valence-electron chi connectivity index (χ2n) is 8.96. The fraction of sp³-hybridized carbons (Fsp3) is 0.500. The molecule has 1 aromatic carbocycles. The highest BCUT2D eigenvalue weighted by Crippen LogP contribution is 2.44. The number of benzene rings is 1. The molecule has 3 heterocycles. The maximum absolute atomic E-state index is 13.7. The van der Waals surface area contributed by atoms with Gasteiger partial charge in [-0.15, -0.1) is 11.8 Å². The van der Waals surface area contributed by atoms with Crippen molar-refractivity contribution in [3.05, 3.63) is 52.4 Å². The largest absolute Gasteiger partial charge is 0.465 e. The van der Waals surface area contributed by atoms with E-state index in [9.17, 15) is 14.7 Å². The van der Waals surface area contributed by atoms with Crippen molar-refractivity contribution in [1.29, 1.82) is 0 Å². The third kappa shape index (κ3) is 5.10. The first-order chi connectivity index (χ1) is 16.3. The second kappa shape index (κ2) is 10.4. The van der Waals surface area contributed by atoms with Crippen LogP contribution in [-0.2, 0) is 10.5 Å². The number of carbonyl (C=O) groups is 2. The van der Waals surface area contributed by atoms with Crippen molar-refractivity contribution in [2.24, 2.45) is 0 Å². The van der Waals surface area contributed by atoms with E-state index in [-0.39, 0.29) is 18.5 Å². The maximum Gasteiger partial charge on any atom is 0.407 e. The molecular formula is C24H30ClN5O3S. The molecule has 4 rings (SSSR count). The van der Waals surface area contributed by atoms with E-state index in [4.69, 9.17) is 11.6 Å². The van der Waals surface area contributed by atoms with Crippen molar-refractivity contribution in [3.63, 3.8) is 0 Å². The zero-order chi connectivity index (χ0) is 24.4. The summed E-state index contributed by atoms with van der Waals surface area (Å²) in [6, 6.07) is 6.86. The minimum atomic E-state index is -1.03. The first kappa shape index (κ1) is 24.6. The molecule has 0 bridgehead atoms. The van der Waals surface area contributed by atoms with Crippen molar-refractivity contribution < 1.29 is 14.7 Å². The van der Waals surface area contributed by atoms with E-state index in [1.54, 1.807) is 18.5 Å². The number of fused-ring (bicyclic) bond motifs is 1.